The minimum Gasteiger partial charge on any atom is -0.744 e. The summed E-state index contributed by atoms with van der Waals surface area (Å²) < 4.78 is 71.1. The van der Waals surface area contributed by atoms with Gasteiger partial charge in [0.1, 0.15) is 20.2 Å². The van der Waals surface area contributed by atoms with Crippen molar-refractivity contribution in [3.63, 3.8) is 0 Å². The summed E-state index contributed by atoms with van der Waals surface area (Å²) >= 11 is 0. The molecule has 0 aliphatic rings. The molecule has 0 heterocycles. The van der Waals surface area contributed by atoms with Gasteiger partial charge in [-0.15, -0.1) is 0 Å². The van der Waals surface area contributed by atoms with Gasteiger partial charge in [0.25, 0.3) is 0 Å². The molecule has 0 aliphatic heterocycles. The fourth-order valence-corrected chi connectivity index (χ4v) is 8.24. The predicted molar refractivity (Wildman–Crippen MR) is 202 cm³/mol. The van der Waals surface area contributed by atoms with E-state index in [0.29, 0.717) is 12.8 Å². The van der Waals surface area contributed by atoms with Gasteiger partial charge in [0.15, 0.2) is 0 Å². The Morgan fingerprint density at radius 3 is 1.02 bits per heavy atom. The Morgan fingerprint density at radius 1 is 0.449 bits per heavy atom. The molecular formula is C40H54CaO6S2. The zero-order valence-electron chi connectivity index (χ0n) is 30.1. The molecule has 0 radical (unpaired) electrons. The van der Waals surface area contributed by atoms with E-state index < -0.39 is 20.2 Å². The Kier molecular flexibility index (Phi) is 19.4. The molecule has 0 aromatic heterocycles. The van der Waals surface area contributed by atoms with Crippen LogP contribution in [0.1, 0.15) is 127 Å². The molecule has 0 saturated heterocycles. The number of unbranched alkanes of at least 4 members (excludes halogenated alkanes) is 8. The normalized spacial score (nSPS) is 11.7. The first-order valence-corrected chi connectivity index (χ1v) is 20.8. The number of hydrogen-bond donors (Lipinski definition) is 0. The molecule has 4 aromatic carbocycles. The van der Waals surface area contributed by atoms with Crippen LogP contribution in [0, 0.1) is 0 Å². The van der Waals surface area contributed by atoms with E-state index in [0.717, 1.165) is 134 Å². The van der Waals surface area contributed by atoms with E-state index in [2.05, 4.69) is 27.7 Å². The maximum atomic E-state index is 11.9. The van der Waals surface area contributed by atoms with Crippen LogP contribution in [0.2, 0.25) is 0 Å². The maximum absolute atomic E-state index is 11.9. The fourth-order valence-electron chi connectivity index (χ4n) is 6.65. The Bertz CT molecular complexity index is 1700. The first-order valence-electron chi connectivity index (χ1n) is 18.0. The van der Waals surface area contributed by atoms with Crippen molar-refractivity contribution in [1.82, 2.24) is 0 Å². The van der Waals surface area contributed by atoms with Crippen LogP contribution in [-0.2, 0) is 45.9 Å². The largest absolute Gasteiger partial charge is 2.00 e. The van der Waals surface area contributed by atoms with Gasteiger partial charge in [-0.2, -0.15) is 0 Å². The molecule has 0 amide bonds. The molecular weight excluding hydrogens is 681 g/mol. The van der Waals surface area contributed by atoms with Crippen LogP contribution in [-0.4, -0.2) is 63.7 Å². The van der Waals surface area contributed by atoms with Crippen LogP contribution in [0.5, 0.6) is 0 Å². The molecule has 0 bridgehead atoms. The van der Waals surface area contributed by atoms with E-state index in [4.69, 9.17) is 0 Å². The van der Waals surface area contributed by atoms with E-state index in [9.17, 15) is 25.9 Å². The Balaban J connectivity index is 0.000000333. The van der Waals surface area contributed by atoms with E-state index >= 15 is 0 Å². The zero-order chi connectivity index (χ0) is 35.2. The second-order valence-corrected chi connectivity index (χ2v) is 15.5. The number of benzene rings is 4. The third-order valence-corrected chi connectivity index (χ3v) is 10.9. The van der Waals surface area contributed by atoms with Crippen molar-refractivity contribution in [2.24, 2.45) is 0 Å². The van der Waals surface area contributed by atoms with Gasteiger partial charge in [0.2, 0.25) is 0 Å². The number of fused-ring (bicyclic) bond motifs is 2. The standard InChI is InChI=1S/2C20H28O3S.Ca/c2*1-3-5-7-13-18-17-12-10-9-11-16(17)15-20(24(21,22)23)19(18)14-8-6-4-2;/h2*9-12,15H,3-8,13-14H2,1-2H3,(H,21,22,23);/q;;+2/p-2. The third-order valence-electron chi connectivity index (χ3n) is 9.13. The molecule has 6 nitrogen and oxygen atoms in total. The van der Waals surface area contributed by atoms with Crippen molar-refractivity contribution >= 4 is 79.5 Å². The van der Waals surface area contributed by atoms with Gasteiger partial charge >= 0.3 is 37.7 Å². The van der Waals surface area contributed by atoms with Gasteiger partial charge in [0, 0.05) is 0 Å². The summed E-state index contributed by atoms with van der Waals surface area (Å²) in [6.07, 6.45) is 15.5. The molecule has 0 unspecified atom stereocenters. The number of rotatable bonds is 18. The van der Waals surface area contributed by atoms with Crippen molar-refractivity contribution in [3.8, 4) is 0 Å². The zero-order valence-corrected chi connectivity index (χ0v) is 33.9. The summed E-state index contributed by atoms with van der Waals surface area (Å²) in [7, 11) is -8.93. The summed E-state index contributed by atoms with van der Waals surface area (Å²) in [4.78, 5) is -0.0207. The van der Waals surface area contributed by atoms with Crippen molar-refractivity contribution in [1.29, 1.82) is 0 Å². The molecule has 0 spiro atoms. The quantitative estimate of drug-likeness (QED) is 0.0571. The minimum absolute atomic E-state index is 0. The van der Waals surface area contributed by atoms with Crippen molar-refractivity contribution in [3.05, 3.63) is 82.9 Å². The maximum Gasteiger partial charge on any atom is 2.00 e. The molecule has 0 aliphatic carbocycles. The van der Waals surface area contributed by atoms with Crippen LogP contribution in [0.4, 0.5) is 0 Å². The van der Waals surface area contributed by atoms with Gasteiger partial charge in [-0.05, 0) is 107 Å². The SMILES string of the molecule is CCCCCc1c(S(=O)(=O)[O-])cc2ccccc2c1CCCCC.CCCCCc1c(S(=O)(=O)[O-])cc2ccccc2c1CCCCC.[Ca+2]. The van der Waals surface area contributed by atoms with Gasteiger partial charge < -0.3 is 9.11 Å². The molecule has 9 heteroatoms. The summed E-state index contributed by atoms with van der Waals surface area (Å²) in [5.74, 6) is 0. The summed E-state index contributed by atoms with van der Waals surface area (Å²) in [5.41, 5.74) is 3.64. The molecule has 0 atom stereocenters. The average molecular weight is 735 g/mol. The molecule has 49 heavy (non-hydrogen) atoms. The van der Waals surface area contributed by atoms with Gasteiger partial charge in [-0.1, -0.05) is 128 Å². The van der Waals surface area contributed by atoms with E-state index in [1.807, 2.05) is 48.5 Å². The Labute approximate surface area is 326 Å². The van der Waals surface area contributed by atoms with Crippen molar-refractivity contribution < 1.29 is 25.9 Å². The summed E-state index contributed by atoms with van der Waals surface area (Å²) in [6, 6.07) is 18.7. The molecule has 4 rings (SSSR count). The first-order chi connectivity index (χ1) is 23.0. The van der Waals surface area contributed by atoms with Crippen LogP contribution in [0.25, 0.3) is 21.5 Å². The number of aryl methyl sites for hydroxylation is 2. The van der Waals surface area contributed by atoms with Crippen LogP contribution in [0.3, 0.4) is 0 Å². The second-order valence-electron chi connectivity index (χ2n) is 12.8. The third kappa shape index (κ3) is 12.9. The smallest absolute Gasteiger partial charge is 0.744 e. The average Bonchev–Trinajstić information content (AvgIpc) is 3.05. The minimum atomic E-state index is -4.47. The predicted octanol–water partition coefficient (Wildman–Crippen LogP) is 10.0. The molecule has 264 valence electrons. The molecule has 4 aromatic rings. The molecule has 0 fully saturated rings. The van der Waals surface area contributed by atoms with Gasteiger partial charge in [-0.25, -0.2) is 16.8 Å². The van der Waals surface area contributed by atoms with E-state index in [1.165, 1.54) is 0 Å². The van der Waals surface area contributed by atoms with Crippen LogP contribution < -0.4 is 0 Å². The monoisotopic (exact) mass is 734 g/mol. The van der Waals surface area contributed by atoms with Crippen molar-refractivity contribution in [2.45, 2.75) is 140 Å². The first kappa shape index (κ1) is 43.6. The van der Waals surface area contributed by atoms with Crippen LogP contribution in [0.15, 0.2) is 70.5 Å². The van der Waals surface area contributed by atoms with Gasteiger partial charge in [0.05, 0.1) is 9.79 Å². The number of hydrogen-bond acceptors (Lipinski definition) is 6. The summed E-state index contributed by atoms with van der Waals surface area (Å²) in [6.45, 7) is 8.54. The van der Waals surface area contributed by atoms with Gasteiger partial charge in [-0.3, -0.25) is 0 Å². The van der Waals surface area contributed by atoms with E-state index in [1.54, 1.807) is 12.1 Å². The molecule has 0 N–H and O–H groups in total. The summed E-state index contributed by atoms with van der Waals surface area (Å²) in [5, 5.41) is 3.87. The van der Waals surface area contributed by atoms with E-state index in [-0.39, 0.29) is 47.5 Å². The second kappa shape index (κ2) is 21.8. The fraction of sp³-hybridized carbons (Fsp3) is 0.500. The Hall–Kier alpha value is -1.52. The van der Waals surface area contributed by atoms with Crippen molar-refractivity contribution in [2.75, 3.05) is 0 Å². The topological polar surface area (TPSA) is 114 Å². The Morgan fingerprint density at radius 2 is 0.735 bits per heavy atom. The molecule has 0 saturated carbocycles. The van der Waals surface area contributed by atoms with Crippen LogP contribution >= 0.6 is 0 Å².